The summed E-state index contributed by atoms with van der Waals surface area (Å²) in [7, 11) is 0. The van der Waals surface area contributed by atoms with Gasteiger partial charge in [0.2, 0.25) is 0 Å². The highest BCUT2D eigenvalue weighted by atomic mass is 15.1. The molecule has 0 aliphatic rings. The Kier molecular flexibility index (Phi) is 16.0. The summed E-state index contributed by atoms with van der Waals surface area (Å²) >= 11 is 0. The first-order chi connectivity index (χ1) is 44.2. The first-order valence-corrected chi connectivity index (χ1v) is 30.4. The van der Waals surface area contributed by atoms with Crippen molar-refractivity contribution < 1.29 is 0 Å². The van der Waals surface area contributed by atoms with E-state index in [0.29, 0.717) is 0 Å². The van der Waals surface area contributed by atoms with Crippen LogP contribution in [-0.4, -0.2) is 9.55 Å². The maximum Gasteiger partial charge on any atom is 0.145 e. The third-order valence-electron chi connectivity index (χ3n) is 16.5. The summed E-state index contributed by atoms with van der Waals surface area (Å²) < 4.78 is 2.37. The number of benzene rings is 13. The molecule has 0 saturated heterocycles. The van der Waals surface area contributed by atoms with Crippen molar-refractivity contribution in [2.24, 2.45) is 0 Å². The van der Waals surface area contributed by atoms with Gasteiger partial charge < -0.3 is 0 Å². The molecule has 1 aromatic heterocycles. The third kappa shape index (κ3) is 11.6. The summed E-state index contributed by atoms with van der Waals surface area (Å²) in [5.41, 5.74) is 26.5. The lowest BCUT2D eigenvalue weighted by Gasteiger charge is -2.19. The van der Waals surface area contributed by atoms with Gasteiger partial charge in [0.05, 0.1) is 11.4 Å². The molecule has 1 heterocycles. The molecule has 13 aromatic carbocycles. The fourth-order valence-corrected chi connectivity index (χ4v) is 12.5. The van der Waals surface area contributed by atoms with Crippen LogP contribution in [0.2, 0.25) is 0 Å². The van der Waals surface area contributed by atoms with Gasteiger partial charge >= 0.3 is 0 Å². The average molecular weight is 1140 g/mol. The van der Waals surface area contributed by atoms with Crippen molar-refractivity contribution in [3.63, 3.8) is 0 Å². The van der Waals surface area contributed by atoms with E-state index >= 15 is 0 Å². The molecule has 420 valence electrons. The summed E-state index contributed by atoms with van der Waals surface area (Å²) in [6.45, 7) is 0. The van der Waals surface area contributed by atoms with Gasteiger partial charge in [-0.2, -0.15) is 0 Å². The molecule has 0 saturated carbocycles. The highest BCUT2D eigenvalue weighted by molar-refractivity contribution is 6.07. The van der Waals surface area contributed by atoms with Gasteiger partial charge in [0.25, 0.3) is 0 Å². The number of rotatable bonds is 16. The van der Waals surface area contributed by atoms with Crippen molar-refractivity contribution in [2.45, 2.75) is 0 Å². The van der Waals surface area contributed by atoms with Crippen molar-refractivity contribution in [3.8, 4) is 39.6 Å². The van der Waals surface area contributed by atoms with Crippen molar-refractivity contribution >= 4 is 33.4 Å². The van der Waals surface area contributed by atoms with E-state index in [2.05, 4.69) is 381 Å². The molecule has 14 aromatic rings. The lowest BCUT2D eigenvalue weighted by Crippen LogP contribution is -2.01. The van der Waals surface area contributed by atoms with Gasteiger partial charge in [0.15, 0.2) is 0 Å². The maximum atomic E-state index is 5.87. The maximum absolute atomic E-state index is 5.87. The van der Waals surface area contributed by atoms with Gasteiger partial charge in [-0.3, -0.25) is 4.57 Å². The average Bonchev–Trinajstić information content (AvgIpc) is 1.96. The molecule has 0 N–H and O–H groups in total. The van der Waals surface area contributed by atoms with Crippen LogP contribution >= 0.6 is 0 Å². The fourth-order valence-electron chi connectivity index (χ4n) is 12.5. The minimum atomic E-state index is 0.832. The molecule has 0 amide bonds. The lowest BCUT2D eigenvalue weighted by molar-refractivity contribution is 1.07. The van der Waals surface area contributed by atoms with E-state index in [0.717, 1.165) is 123 Å². The van der Waals surface area contributed by atoms with Gasteiger partial charge in [0.1, 0.15) is 5.82 Å². The standard InChI is InChI=1S/C87H62N2/c1-11-31-63(32-12-1)79(64-33-13-2-14-34-64)82(69-43-23-7-24-44-69)72-51-57-75(58-52-72)85-86(76-59-53-73(54-60-76)83(70-45-25-8-26-46-70)80(65-35-15-3-16-36-65)66-37-17-4-18-38-66)89(78-49-29-10-30-50-78)87(88-85)77-61-55-74(56-62-77)84(71-47-27-9-28-48-71)81(67-39-19-5-20-40-67)68-41-21-6-22-42-68/h1-62H. The van der Waals surface area contributed by atoms with Crippen molar-refractivity contribution in [2.75, 3.05) is 0 Å². The van der Waals surface area contributed by atoms with Gasteiger partial charge in [-0.15, -0.1) is 0 Å². The van der Waals surface area contributed by atoms with E-state index in [9.17, 15) is 0 Å². The lowest BCUT2D eigenvalue weighted by atomic mass is 9.85. The molecule has 14 rings (SSSR count). The number of imidazole rings is 1. The topological polar surface area (TPSA) is 17.8 Å². The Morgan fingerprint density at radius 3 is 0.607 bits per heavy atom. The molecule has 0 radical (unpaired) electrons. The number of nitrogens with zero attached hydrogens (tertiary/aromatic N) is 2. The summed E-state index contributed by atoms with van der Waals surface area (Å²) in [5, 5.41) is 0. The monoisotopic (exact) mass is 1130 g/mol. The number of hydrogen-bond acceptors (Lipinski definition) is 1. The van der Waals surface area contributed by atoms with Crippen LogP contribution in [0, 0.1) is 0 Å². The predicted molar refractivity (Wildman–Crippen MR) is 373 cm³/mol. The summed E-state index contributed by atoms with van der Waals surface area (Å²) in [6.07, 6.45) is 0. The van der Waals surface area contributed by atoms with Crippen LogP contribution in [0.1, 0.15) is 66.8 Å². The molecule has 2 nitrogen and oxygen atoms in total. The van der Waals surface area contributed by atoms with Gasteiger partial charge in [0, 0.05) is 22.4 Å². The largest absolute Gasteiger partial charge is 0.292 e. The Morgan fingerprint density at radius 1 is 0.180 bits per heavy atom. The normalized spacial score (nSPS) is 10.9. The van der Waals surface area contributed by atoms with E-state index in [1.54, 1.807) is 0 Å². The van der Waals surface area contributed by atoms with Crippen LogP contribution in [0.4, 0.5) is 0 Å². The molecule has 0 aliphatic heterocycles. The van der Waals surface area contributed by atoms with Crippen LogP contribution < -0.4 is 0 Å². The molecule has 0 unspecified atom stereocenters. The molecule has 0 aliphatic carbocycles. The Morgan fingerprint density at radius 2 is 0.371 bits per heavy atom. The first kappa shape index (κ1) is 55.2. The van der Waals surface area contributed by atoms with Gasteiger partial charge in [-0.25, -0.2) is 4.98 Å². The second-order valence-electron chi connectivity index (χ2n) is 22.1. The summed E-state index contributed by atoms with van der Waals surface area (Å²) in [6, 6.07) is 135. The van der Waals surface area contributed by atoms with E-state index in [1.807, 2.05) is 0 Å². The third-order valence-corrected chi connectivity index (χ3v) is 16.5. The zero-order valence-electron chi connectivity index (χ0n) is 49.2. The minimum absolute atomic E-state index is 0.832. The van der Waals surface area contributed by atoms with Crippen molar-refractivity contribution in [1.82, 2.24) is 9.55 Å². The Bertz CT molecular complexity index is 4610. The summed E-state index contributed by atoms with van der Waals surface area (Å²) in [4.78, 5) is 5.87. The highest BCUT2D eigenvalue weighted by Gasteiger charge is 2.26. The first-order valence-electron chi connectivity index (χ1n) is 30.4. The molecular weight excluding hydrogens is 1070 g/mol. The fraction of sp³-hybridized carbons (Fsp3) is 0. The quantitative estimate of drug-likeness (QED) is 0.0882. The molecule has 0 bridgehead atoms. The predicted octanol–water partition coefficient (Wildman–Crippen LogP) is 21.9. The Labute approximate surface area is 522 Å². The molecule has 89 heavy (non-hydrogen) atoms. The number of hydrogen-bond donors (Lipinski definition) is 0. The van der Waals surface area contributed by atoms with E-state index < -0.39 is 0 Å². The van der Waals surface area contributed by atoms with Crippen LogP contribution in [0.25, 0.3) is 73.0 Å². The highest BCUT2D eigenvalue weighted by Crippen LogP contribution is 2.44. The van der Waals surface area contributed by atoms with E-state index in [1.165, 1.54) is 16.7 Å². The molecule has 2 heteroatoms. The van der Waals surface area contributed by atoms with Crippen LogP contribution in [0.5, 0.6) is 0 Å². The Hall–Kier alpha value is -11.7. The SMILES string of the molecule is c1ccc(C(=C(c2ccccc2)c2ccc(-c3nc(-c4ccc(C(=C(c5ccccc5)c5ccccc5)c5ccccc5)cc4)n(-c4ccccc4)c3-c3ccc(C(=C(c4ccccc4)c4ccccc4)c4ccccc4)cc3)cc2)c2ccccc2)cc1. The van der Waals surface area contributed by atoms with Crippen molar-refractivity contribution in [1.29, 1.82) is 0 Å². The van der Waals surface area contributed by atoms with Crippen LogP contribution in [0.3, 0.4) is 0 Å². The molecule has 0 fully saturated rings. The van der Waals surface area contributed by atoms with Gasteiger partial charge in [-0.1, -0.05) is 364 Å². The van der Waals surface area contributed by atoms with Crippen LogP contribution in [-0.2, 0) is 0 Å². The minimum Gasteiger partial charge on any atom is -0.292 e. The Balaban J connectivity index is 0.995. The van der Waals surface area contributed by atoms with Gasteiger partial charge in [-0.05, 0) is 112 Å². The molecular formula is C87H62N2. The zero-order valence-corrected chi connectivity index (χ0v) is 49.2. The number of para-hydroxylation sites is 1. The zero-order chi connectivity index (χ0) is 59.6. The smallest absolute Gasteiger partial charge is 0.145 e. The number of aromatic nitrogens is 2. The molecule has 0 atom stereocenters. The van der Waals surface area contributed by atoms with Crippen molar-refractivity contribution in [3.05, 3.63) is 443 Å². The van der Waals surface area contributed by atoms with E-state index in [4.69, 9.17) is 4.98 Å². The second-order valence-corrected chi connectivity index (χ2v) is 22.1. The second kappa shape index (κ2) is 25.9. The summed E-state index contributed by atoms with van der Waals surface area (Å²) in [5.74, 6) is 0.832. The van der Waals surface area contributed by atoms with E-state index in [-0.39, 0.29) is 0 Å². The molecule has 0 spiro atoms. The van der Waals surface area contributed by atoms with Crippen LogP contribution in [0.15, 0.2) is 376 Å².